The van der Waals surface area contributed by atoms with Crippen LogP contribution in [0.1, 0.15) is 27.0 Å². The van der Waals surface area contributed by atoms with Gasteiger partial charge in [0.25, 0.3) is 0 Å². The molecule has 0 bridgehead atoms. The number of phosphoric acid groups is 3. The third kappa shape index (κ3) is 11.9. The van der Waals surface area contributed by atoms with Gasteiger partial charge in [-0.15, -0.1) is 11.8 Å². The fraction of sp³-hybridized carbons (Fsp3) is 0.714. The van der Waals surface area contributed by atoms with Gasteiger partial charge < -0.3 is 34.9 Å². The summed E-state index contributed by atoms with van der Waals surface area (Å²) in [7, 11) is -16.3. The van der Waals surface area contributed by atoms with Gasteiger partial charge in [-0.25, -0.2) is 18.5 Å². The number of phosphoric ester groups is 1. The highest BCUT2D eigenvalue weighted by atomic mass is 32.2. The molecule has 0 amide bonds. The molecule has 16 nitrogen and oxygen atoms in total. The van der Waals surface area contributed by atoms with E-state index in [0.29, 0.717) is 0 Å². The lowest BCUT2D eigenvalue weighted by atomic mass is 10.5. The minimum Gasteiger partial charge on any atom is -0.383 e. The Balaban J connectivity index is 0.000000718. The van der Waals surface area contributed by atoms with Gasteiger partial charge in [-0.2, -0.15) is 13.6 Å². The van der Waals surface area contributed by atoms with Crippen LogP contribution in [0.25, 0.3) is 0 Å². The summed E-state index contributed by atoms with van der Waals surface area (Å²) < 4.78 is 51.5. The summed E-state index contributed by atoms with van der Waals surface area (Å²) in [6.45, 7) is 9.50. The van der Waals surface area contributed by atoms with Crippen molar-refractivity contribution < 1.29 is 51.2 Å². The second kappa shape index (κ2) is 13.6. The quantitative estimate of drug-likeness (QED) is 0.233. The molecule has 2 heterocycles. The number of anilines is 1. The van der Waals surface area contributed by atoms with Crippen molar-refractivity contribution in [3.63, 3.8) is 0 Å². The van der Waals surface area contributed by atoms with Crippen molar-refractivity contribution >= 4 is 41.0 Å². The maximum atomic E-state index is 11.7. The molecule has 1 aromatic rings. The van der Waals surface area contributed by atoms with Crippen LogP contribution in [0.3, 0.4) is 0 Å². The Morgan fingerprint density at radius 2 is 1.74 bits per heavy atom. The van der Waals surface area contributed by atoms with Crippen molar-refractivity contribution in [2.24, 2.45) is 0 Å². The summed E-state index contributed by atoms with van der Waals surface area (Å²) in [4.78, 5) is 52.9. The number of rotatable bonds is 11. The summed E-state index contributed by atoms with van der Waals surface area (Å²) in [6.07, 6.45) is 0.575. The molecule has 0 aromatic carbocycles. The van der Waals surface area contributed by atoms with Gasteiger partial charge in [-0.1, -0.05) is 20.8 Å². The second-order valence-corrected chi connectivity index (χ2v) is 12.0. The van der Waals surface area contributed by atoms with E-state index in [-0.39, 0.29) is 11.6 Å². The van der Waals surface area contributed by atoms with Crippen LogP contribution in [-0.4, -0.2) is 71.5 Å². The third-order valence-electron chi connectivity index (χ3n) is 4.03. The average Bonchev–Trinajstić information content (AvgIpc) is 3.14. The fourth-order valence-corrected chi connectivity index (χ4v) is 6.56. The first-order chi connectivity index (χ1) is 15.6. The first kappa shape index (κ1) is 31.4. The number of hydrogen-bond donors (Lipinski definition) is 5. The van der Waals surface area contributed by atoms with Crippen LogP contribution in [-0.2, 0) is 31.6 Å². The normalized spacial score (nSPS) is 22.0. The number of nitrogens with zero attached hydrogens (tertiary/aromatic N) is 3. The molecule has 198 valence electrons. The molecular weight excluding hydrogens is 544 g/mol. The van der Waals surface area contributed by atoms with Crippen molar-refractivity contribution in [3.05, 3.63) is 22.7 Å². The van der Waals surface area contributed by atoms with Crippen LogP contribution in [0.5, 0.6) is 0 Å². The van der Waals surface area contributed by atoms with Gasteiger partial charge in [-0.05, 0) is 25.7 Å². The van der Waals surface area contributed by atoms with E-state index in [0.717, 1.165) is 16.3 Å². The van der Waals surface area contributed by atoms with Crippen LogP contribution >= 0.6 is 35.2 Å². The second-order valence-electron chi connectivity index (χ2n) is 6.40. The number of thioether (sulfide) groups is 1. The predicted molar refractivity (Wildman–Crippen MR) is 123 cm³/mol. The average molecular weight is 573 g/mol. The predicted octanol–water partition coefficient (Wildman–Crippen LogP) is 1.10. The zero-order valence-corrected chi connectivity index (χ0v) is 22.1. The molecule has 2 rings (SSSR count). The van der Waals surface area contributed by atoms with Gasteiger partial charge in [0, 0.05) is 11.9 Å². The van der Waals surface area contributed by atoms with E-state index < -0.39 is 47.4 Å². The number of nitrogens with two attached hydrogens (primary N) is 1. The number of aromatic nitrogens is 2. The number of nitrogen functional groups attached to an aromatic ring is 1. The summed E-state index contributed by atoms with van der Waals surface area (Å²) in [5.74, 6) is 0.266. The highest BCUT2D eigenvalue weighted by Gasteiger charge is 2.41. The van der Waals surface area contributed by atoms with E-state index in [1.165, 1.54) is 31.9 Å². The summed E-state index contributed by atoms with van der Waals surface area (Å²) >= 11 is 1.09. The van der Waals surface area contributed by atoms with Crippen molar-refractivity contribution in [2.45, 2.75) is 32.4 Å². The smallest absolute Gasteiger partial charge is 0.383 e. The Kier molecular flexibility index (Phi) is 12.6. The zero-order valence-electron chi connectivity index (χ0n) is 18.6. The van der Waals surface area contributed by atoms with Crippen molar-refractivity contribution in [2.75, 3.05) is 37.7 Å². The minimum atomic E-state index is -5.58. The molecule has 1 fully saturated rings. The van der Waals surface area contributed by atoms with E-state index in [1.54, 1.807) is 0 Å². The van der Waals surface area contributed by atoms with E-state index in [2.05, 4.69) is 43.8 Å². The molecule has 1 aliphatic rings. The Hall–Kier alpha value is -0.640. The molecular formula is C14H29N4O12P3S. The lowest BCUT2D eigenvalue weighted by Gasteiger charge is -2.18. The molecule has 0 spiro atoms. The van der Waals surface area contributed by atoms with Crippen LogP contribution in [0.2, 0.25) is 0 Å². The molecule has 1 aliphatic heterocycles. The molecule has 1 aromatic heterocycles. The highest BCUT2D eigenvalue weighted by molar-refractivity contribution is 8.00. The number of ether oxygens (including phenoxy) is 1. The van der Waals surface area contributed by atoms with E-state index in [9.17, 15) is 23.4 Å². The van der Waals surface area contributed by atoms with Gasteiger partial charge in [0.2, 0.25) is 0 Å². The van der Waals surface area contributed by atoms with Crippen LogP contribution in [0.15, 0.2) is 17.1 Å². The Bertz CT molecular complexity index is 981. The maximum Gasteiger partial charge on any atom is 0.490 e. The summed E-state index contributed by atoms with van der Waals surface area (Å²) in [5.41, 5.74) is 3.83. The van der Waals surface area contributed by atoms with Crippen LogP contribution in [0, 0.1) is 0 Å². The van der Waals surface area contributed by atoms with Gasteiger partial charge in [0.15, 0.2) is 0 Å². The molecule has 0 saturated carbocycles. The zero-order chi connectivity index (χ0) is 26.2. The SMILES string of the molecule is CCN(CC)CC.Nc1cc[15n]([C@@H]2CS[C@H](COP(=O)(O)OP(=O)(O)OP(=O)(O)O)O2)[13c](=O)[15n]1. The van der Waals surface area contributed by atoms with Gasteiger partial charge >= 0.3 is 29.2 Å². The van der Waals surface area contributed by atoms with E-state index in [1.807, 2.05) is 0 Å². The van der Waals surface area contributed by atoms with E-state index in [4.69, 9.17) is 25.2 Å². The van der Waals surface area contributed by atoms with Crippen molar-refractivity contribution in [1.29, 1.82) is 0 Å². The van der Waals surface area contributed by atoms with E-state index >= 15 is 0 Å². The van der Waals surface area contributed by atoms with Crippen LogP contribution < -0.4 is 11.4 Å². The molecule has 20 heteroatoms. The molecule has 1 saturated heterocycles. The lowest BCUT2D eigenvalue weighted by Crippen LogP contribution is -2.28. The summed E-state index contributed by atoms with van der Waals surface area (Å²) in [5, 5.41) is 0. The Labute approximate surface area is 199 Å². The largest absolute Gasteiger partial charge is 0.490 e. The highest BCUT2D eigenvalue weighted by Crippen LogP contribution is 2.66. The van der Waals surface area contributed by atoms with Gasteiger partial charge in [0.05, 0.1) is 6.61 Å². The van der Waals surface area contributed by atoms with Gasteiger partial charge in [0.1, 0.15) is 17.5 Å². The Morgan fingerprint density at radius 3 is 2.21 bits per heavy atom. The van der Waals surface area contributed by atoms with Crippen molar-refractivity contribution in [3.8, 4) is 0 Å². The minimum absolute atomic E-state index is 0.0195. The molecule has 2 unspecified atom stereocenters. The van der Waals surface area contributed by atoms with Crippen LogP contribution in [0.4, 0.5) is 5.82 Å². The van der Waals surface area contributed by atoms with Gasteiger partial charge in [-0.3, -0.25) is 9.09 Å². The maximum absolute atomic E-state index is 11.7. The number of hydrogen-bond acceptors (Lipinski definition) is 12. The van der Waals surface area contributed by atoms with Crippen molar-refractivity contribution in [1.82, 2.24) is 14.5 Å². The standard InChI is InChI=1S/C8H14N3O12P3S.C6H15N/c9-5-1-2-11(8(12)10-5)6-4-27-7(21-6)3-20-25(16,17)23-26(18,19)22-24(13,14)15;1-4-7(5-2)6-3/h1-2,6-7H,3-4H2,(H,16,17)(H,18,19)(H2,9,10,12)(H2,13,14,15);4-6H2,1-3H3/t6-,7+;/m0./s1/i8+1,10+1,11+1;. The lowest BCUT2D eigenvalue weighted by molar-refractivity contribution is -0.00646. The fourth-order valence-electron chi connectivity index (χ4n) is 2.45. The Morgan fingerprint density at radius 1 is 1.15 bits per heavy atom. The topological polar surface area (TPSA) is 233 Å². The molecule has 4 atom stereocenters. The molecule has 34 heavy (non-hydrogen) atoms. The first-order valence-corrected chi connectivity index (χ1v) is 15.3. The summed E-state index contributed by atoms with van der Waals surface area (Å²) in [6, 6.07) is 1.37. The molecule has 0 radical (unpaired) electrons. The first-order valence-electron chi connectivity index (χ1n) is 9.73. The molecule has 6 N–H and O–H groups in total. The third-order valence-corrected chi connectivity index (χ3v) is 8.93. The monoisotopic (exact) mass is 573 g/mol. The molecule has 0 aliphatic carbocycles.